The highest BCUT2D eigenvalue weighted by Crippen LogP contribution is 2.30. The Kier molecular flexibility index (Phi) is 4.57. The topological polar surface area (TPSA) is 34.1 Å². The fourth-order valence-electron chi connectivity index (χ4n) is 2.01. The minimum absolute atomic E-state index is 0.293. The molecule has 1 atom stereocenters. The summed E-state index contributed by atoms with van der Waals surface area (Å²) in [4.78, 5) is 5.65. The lowest BCUT2D eigenvalue weighted by Gasteiger charge is -2.23. The van der Waals surface area contributed by atoms with E-state index in [1.54, 1.807) is 11.3 Å². The van der Waals surface area contributed by atoms with Crippen molar-refractivity contribution in [2.24, 2.45) is 0 Å². The smallest absolute Gasteiger partial charge is 0.0897 e. The Hall–Kier alpha value is -0.870. The van der Waals surface area contributed by atoms with Crippen molar-refractivity contribution in [1.82, 2.24) is 10.3 Å². The van der Waals surface area contributed by atoms with Gasteiger partial charge in [0.15, 0.2) is 0 Å². The molecule has 0 bridgehead atoms. The van der Waals surface area contributed by atoms with Gasteiger partial charge in [-0.1, -0.05) is 6.92 Å². The molecule has 0 saturated heterocycles. The van der Waals surface area contributed by atoms with Crippen LogP contribution in [0.15, 0.2) is 18.0 Å². The number of nitrogens with one attached hydrogen (secondary N) is 1. The van der Waals surface area contributed by atoms with Crippen LogP contribution in [0, 0.1) is 6.92 Å². The van der Waals surface area contributed by atoms with E-state index in [9.17, 15) is 0 Å². The summed E-state index contributed by atoms with van der Waals surface area (Å²) in [5, 5.41) is 4.72. The molecule has 0 spiro atoms. The number of thiazole rings is 1. The number of aromatic nitrogens is 1. The fourth-order valence-corrected chi connectivity index (χ4v) is 2.92. The highest BCUT2D eigenvalue weighted by atomic mass is 32.1. The quantitative estimate of drug-likeness (QED) is 0.874. The van der Waals surface area contributed by atoms with Crippen molar-refractivity contribution in [3.8, 4) is 0 Å². The molecule has 0 radical (unpaired) electrons. The van der Waals surface area contributed by atoms with Gasteiger partial charge < -0.3 is 10.1 Å². The first kappa shape index (κ1) is 12.6. The first-order chi connectivity index (χ1) is 8.31. The average molecular weight is 252 g/mol. The van der Waals surface area contributed by atoms with Gasteiger partial charge in [-0.25, -0.2) is 4.98 Å². The fraction of sp³-hybridized carbons (Fsp3) is 0.615. The SMILES string of the molecule is CCCNC(C1=COCCC1)c1cnc(C)s1. The first-order valence-electron chi connectivity index (χ1n) is 6.27. The van der Waals surface area contributed by atoms with Crippen molar-refractivity contribution in [2.75, 3.05) is 13.2 Å². The maximum atomic E-state index is 5.45. The second-order valence-corrected chi connectivity index (χ2v) is 5.60. The Balaban J connectivity index is 2.15. The second-order valence-electron chi connectivity index (χ2n) is 4.34. The maximum Gasteiger partial charge on any atom is 0.0897 e. The van der Waals surface area contributed by atoms with Crippen LogP contribution >= 0.6 is 11.3 Å². The Labute approximate surface area is 107 Å². The number of hydrogen-bond acceptors (Lipinski definition) is 4. The highest BCUT2D eigenvalue weighted by molar-refractivity contribution is 7.11. The van der Waals surface area contributed by atoms with E-state index in [0.717, 1.165) is 37.4 Å². The zero-order chi connectivity index (χ0) is 12.1. The summed E-state index contributed by atoms with van der Waals surface area (Å²) in [6.07, 6.45) is 7.31. The maximum absolute atomic E-state index is 5.45. The third-order valence-corrected chi connectivity index (χ3v) is 3.83. The molecule has 0 fully saturated rings. The van der Waals surface area contributed by atoms with E-state index in [0.29, 0.717) is 6.04 Å². The van der Waals surface area contributed by atoms with Gasteiger partial charge >= 0.3 is 0 Å². The van der Waals surface area contributed by atoms with Gasteiger partial charge in [-0.15, -0.1) is 11.3 Å². The number of rotatable bonds is 5. The summed E-state index contributed by atoms with van der Waals surface area (Å²) in [5.74, 6) is 0. The summed E-state index contributed by atoms with van der Waals surface area (Å²) >= 11 is 1.77. The summed E-state index contributed by atoms with van der Waals surface area (Å²) in [6.45, 7) is 6.12. The van der Waals surface area contributed by atoms with Gasteiger partial charge in [0.05, 0.1) is 23.9 Å². The van der Waals surface area contributed by atoms with Crippen LogP contribution in [-0.2, 0) is 4.74 Å². The highest BCUT2D eigenvalue weighted by Gasteiger charge is 2.20. The van der Waals surface area contributed by atoms with Crippen LogP contribution in [0.5, 0.6) is 0 Å². The molecule has 1 aromatic heterocycles. The van der Waals surface area contributed by atoms with Crippen molar-refractivity contribution in [1.29, 1.82) is 0 Å². The third kappa shape index (κ3) is 3.30. The second kappa shape index (κ2) is 6.17. The first-order valence-corrected chi connectivity index (χ1v) is 7.09. The number of aryl methyl sites for hydroxylation is 1. The summed E-state index contributed by atoms with van der Waals surface area (Å²) in [7, 11) is 0. The standard InChI is InChI=1S/C13H20N2OS/c1-3-6-14-13(11-5-4-7-16-9-11)12-8-15-10(2)17-12/h8-9,13-14H,3-7H2,1-2H3. The molecule has 4 heteroatoms. The zero-order valence-corrected chi connectivity index (χ0v) is 11.3. The Morgan fingerprint density at radius 3 is 3.06 bits per heavy atom. The number of ether oxygens (including phenoxy) is 1. The van der Waals surface area contributed by atoms with Gasteiger partial charge in [0.25, 0.3) is 0 Å². The van der Waals surface area contributed by atoms with Crippen LogP contribution in [0.1, 0.15) is 42.1 Å². The molecule has 1 aromatic rings. The average Bonchev–Trinajstić information content (AvgIpc) is 2.78. The molecular formula is C13H20N2OS. The van der Waals surface area contributed by atoms with Crippen molar-refractivity contribution >= 4 is 11.3 Å². The van der Waals surface area contributed by atoms with E-state index >= 15 is 0 Å². The van der Waals surface area contributed by atoms with E-state index in [2.05, 4.69) is 24.1 Å². The van der Waals surface area contributed by atoms with Gasteiger partial charge in [-0.2, -0.15) is 0 Å². The van der Waals surface area contributed by atoms with Crippen molar-refractivity contribution in [2.45, 2.75) is 39.2 Å². The zero-order valence-electron chi connectivity index (χ0n) is 10.5. The lowest BCUT2D eigenvalue weighted by Crippen LogP contribution is -2.24. The summed E-state index contributed by atoms with van der Waals surface area (Å²) in [6, 6.07) is 0.293. The monoisotopic (exact) mass is 252 g/mol. The van der Waals surface area contributed by atoms with Crippen LogP contribution in [0.2, 0.25) is 0 Å². The molecule has 0 saturated carbocycles. The molecule has 3 nitrogen and oxygen atoms in total. The van der Waals surface area contributed by atoms with Crippen LogP contribution < -0.4 is 5.32 Å². The predicted molar refractivity (Wildman–Crippen MR) is 71.2 cm³/mol. The Morgan fingerprint density at radius 2 is 2.47 bits per heavy atom. The van der Waals surface area contributed by atoms with Crippen molar-refractivity contribution in [3.63, 3.8) is 0 Å². The molecule has 1 N–H and O–H groups in total. The number of hydrogen-bond donors (Lipinski definition) is 1. The van der Waals surface area contributed by atoms with E-state index in [1.165, 1.54) is 10.5 Å². The summed E-state index contributed by atoms with van der Waals surface area (Å²) in [5.41, 5.74) is 1.35. The van der Waals surface area contributed by atoms with Gasteiger partial charge in [-0.05, 0) is 38.3 Å². The van der Waals surface area contributed by atoms with E-state index in [-0.39, 0.29) is 0 Å². The van der Waals surface area contributed by atoms with E-state index in [4.69, 9.17) is 4.74 Å². The molecule has 2 heterocycles. The molecule has 17 heavy (non-hydrogen) atoms. The molecule has 0 aliphatic carbocycles. The van der Waals surface area contributed by atoms with Crippen LogP contribution in [0.25, 0.3) is 0 Å². The predicted octanol–water partition coefficient (Wildman–Crippen LogP) is 3.19. The molecule has 0 aromatic carbocycles. The molecule has 0 amide bonds. The molecule has 1 aliphatic heterocycles. The molecular weight excluding hydrogens is 232 g/mol. The Morgan fingerprint density at radius 1 is 1.59 bits per heavy atom. The molecule has 1 aliphatic rings. The van der Waals surface area contributed by atoms with E-state index < -0.39 is 0 Å². The normalized spacial score (nSPS) is 17.4. The lowest BCUT2D eigenvalue weighted by atomic mass is 10.0. The molecule has 94 valence electrons. The van der Waals surface area contributed by atoms with E-state index in [1.807, 2.05) is 12.5 Å². The largest absolute Gasteiger partial charge is 0.501 e. The van der Waals surface area contributed by atoms with Crippen molar-refractivity contribution < 1.29 is 4.74 Å². The van der Waals surface area contributed by atoms with Crippen LogP contribution in [0.3, 0.4) is 0 Å². The third-order valence-electron chi connectivity index (χ3n) is 2.86. The van der Waals surface area contributed by atoms with Crippen LogP contribution in [0.4, 0.5) is 0 Å². The van der Waals surface area contributed by atoms with Crippen molar-refractivity contribution in [3.05, 3.63) is 27.9 Å². The Bertz CT molecular complexity index is 387. The van der Waals surface area contributed by atoms with Gasteiger partial charge in [0.1, 0.15) is 0 Å². The summed E-state index contributed by atoms with van der Waals surface area (Å²) < 4.78 is 5.45. The number of nitrogens with zero attached hydrogens (tertiary/aromatic N) is 1. The van der Waals surface area contributed by atoms with Crippen LogP contribution in [-0.4, -0.2) is 18.1 Å². The van der Waals surface area contributed by atoms with Gasteiger partial charge in [0.2, 0.25) is 0 Å². The minimum Gasteiger partial charge on any atom is -0.501 e. The van der Waals surface area contributed by atoms with Gasteiger partial charge in [-0.3, -0.25) is 0 Å². The minimum atomic E-state index is 0.293. The lowest BCUT2D eigenvalue weighted by molar-refractivity contribution is 0.219. The van der Waals surface area contributed by atoms with Gasteiger partial charge in [0, 0.05) is 11.1 Å². The molecule has 2 rings (SSSR count). The molecule has 1 unspecified atom stereocenters.